The summed E-state index contributed by atoms with van der Waals surface area (Å²) in [7, 11) is 2.04. The molecule has 2 atom stereocenters. The minimum absolute atomic E-state index is 0.346. The van der Waals surface area contributed by atoms with Gasteiger partial charge in [-0.25, -0.2) is 0 Å². The van der Waals surface area contributed by atoms with Crippen LogP contribution in [0.25, 0.3) is 0 Å². The summed E-state index contributed by atoms with van der Waals surface area (Å²) in [6.07, 6.45) is 2.24. The lowest BCUT2D eigenvalue weighted by atomic mass is 10.0. The van der Waals surface area contributed by atoms with Crippen LogP contribution in [-0.2, 0) is 4.74 Å². The van der Waals surface area contributed by atoms with E-state index in [1.54, 1.807) is 0 Å². The van der Waals surface area contributed by atoms with Crippen LogP contribution in [0.4, 0.5) is 0 Å². The molecule has 1 N–H and O–H groups in total. The molecule has 1 aromatic rings. The van der Waals surface area contributed by atoms with Crippen molar-refractivity contribution in [3.05, 3.63) is 35.4 Å². The van der Waals surface area contributed by atoms with E-state index < -0.39 is 6.10 Å². The summed E-state index contributed by atoms with van der Waals surface area (Å²) in [6.45, 7) is 4.49. The minimum atomic E-state index is -0.419. The molecule has 1 fully saturated rings. The summed E-state index contributed by atoms with van der Waals surface area (Å²) in [4.78, 5) is 2.16. The van der Waals surface area contributed by atoms with E-state index in [0.29, 0.717) is 12.6 Å². The van der Waals surface area contributed by atoms with Gasteiger partial charge in [0.25, 0.3) is 0 Å². The van der Waals surface area contributed by atoms with Gasteiger partial charge in [0.05, 0.1) is 12.2 Å². The average Bonchev–Trinajstić information content (AvgIpc) is 2.82. The van der Waals surface area contributed by atoms with E-state index in [0.717, 1.165) is 30.7 Å². The third-order valence-electron chi connectivity index (χ3n) is 3.57. The van der Waals surface area contributed by atoms with Gasteiger partial charge >= 0.3 is 0 Å². The minimum Gasteiger partial charge on any atom is -0.387 e. The second-order valence-electron chi connectivity index (χ2n) is 5.23. The third kappa shape index (κ3) is 3.55. The van der Waals surface area contributed by atoms with Crippen LogP contribution in [0.15, 0.2) is 24.3 Å². The van der Waals surface area contributed by atoms with Gasteiger partial charge in [0.1, 0.15) is 0 Å². The number of nitrogens with zero attached hydrogens (tertiary/aromatic N) is 1. The van der Waals surface area contributed by atoms with Gasteiger partial charge in [-0.15, -0.1) is 0 Å². The van der Waals surface area contributed by atoms with Crippen molar-refractivity contribution < 1.29 is 9.84 Å². The summed E-state index contributed by atoms with van der Waals surface area (Å²) < 4.78 is 5.61. The average molecular weight is 249 g/mol. The van der Waals surface area contributed by atoms with Crippen LogP contribution in [-0.4, -0.2) is 42.9 Å². The molecular weight excluding hydrogens is 226 g/mol. The Labute approximate surface area is 109 Å². The van der Waals surface area contributed by atoms with Gasteiger partial charge in [0, 0.05) is 19.7 Å². The number of likely N-dealkylation sites (N-methyl/N-ethyl adjacent to an activating group) is 1. The van der Waals surface area contributed by atoms with Gasteiger partial charge < -0.3 is 14.7 Å². The Morgan fingerprint density at radius 3 is 2.89 bits per heavy atom. The van der Waals surface area contributed by atoms with E-state index in [1.807, 2.05) is 38.2 Å². The van der Waals surface area contributed by atoms with Crippen LogP contribution in [0.3, 0.4) is 0 Å². The van der Waals surface area contributed by atoms with Crippen LogP contribution in [0.2, 0.25) is 0 Å². The second kappa shape index (κ2) is 6.32. The molecule has 2 rings (SSSR count). The van der Waals surface area contributed by atoms with E-state index in [1.165, 1.54) is 6.42 Å². The highest BCUT2D eigenvalue weighted by atomic mass is 16.5. The van der Waals surface area contributed by atoms with Gasteiger partial charge in [0.2, 0.25) is 0 Å². The lowest BCUT2D eigenvalue weighted by molar-refractivity contribution is 0.0601. The second-order valence-corrected chi connectivity index (χ2v) is 5.23. The number of hydrogen-bond donors (Lipinski definition) is 1. The molecule has 100 valence electrons. The fraction of sp³-hybridized carbons (Fsp3) is 0.600. The summed E-state index contributed by atoms with van der Waals surface area (Å²) in [5.41, 5.74) is 2.17. The van der Waals surface area contributed by atoms with Crippen LogP contribution >= 0.6 is 0 Å². The number of aliphatic hydroxyl groups is 1. The maximum absolute atomic E-state index is 10.3. The molecule has 1 aliphatic heterocycles. The number of hydrogen-bond acceptors (Lipinski definition) is 3. The Balaban J connectivity index is 1.86. The number of aliphatic hydroxyl groups excluding tert-OH is 1. The number of benzene rings is 1. The fourth-order valence-corrected chi connectivity index (χ4v) is 2.56. The van der Waals surface area contributed by atoms with Crippen LogP contribution in [0.5, 0.6) is 0 Å². The normalized spacial score (nSPS) is 21.4. The van der Waals surface area contributed by atoms with E-state index in [2.05, 4.69) is 4.90 Å². The molecule has 1 heterocycles. The summed E-state index contributed by atoms with van der Waals surface area (Å²) in [5, 5.41) is 10.3. The quantitative estimate of drug-likeness (QED) is 0.868. The number of rotatable bonds is 5. The number of ether oxygens (including phenoxy) is 1. The molecule has 2 unspecified atom stereocenters. The third-order valence-corrected chi connectivity index (χ3v) is 3.57. The highest BCUT2D eigenvalue weighted by Gasteiger charge is 2.19. The smallest absolute Gasteiger partial charge is 0.0919 e. The van der Waals surface area contributed by atoms with Crippen molar-refractivity contribution in [3.8, 4) is 0 Å². The predicted molar refractivity (Wildman–Crippen MR) is 72.6 cm³/mol. The van der Waals surface area contributed by atoms with Crippen molar-refractivity contribution in [3.63, 3.8) is 0 Å². The molecule has 0 saturated carbocycles. The van der Waals surface area contributed by atoms with E-state index >= 15 is 0 Å². The zero-order valence-corrected chi connectivity index (χ0v) is 11.3. The first-order valence-electron chi connectivity index (χ1n) is 6.70. The topological polar surface area (TPSA) is 32.7 Å². The number of aryl methyl sites for hydroxylation is 1. The molecule has 0 radical (unpaired) electrons. The first kappa shape index (κ1) is 13.5. The monoisotopic (exact) mass is 249 g/mol. The van der Waals surface area contributed by atoms with Crippen molar-refractivity contribution in [1.82, 2.24) is 4.90 Å². The molecule has 1 saturated heterocycles. The first-order valence-corrected chi connectivity index (χ1v) is 6.70. The van der Waals surface area contributed by atoms with Gasteiger partial charge in [-0.2, -0.15) is 0 Å². The van der Waals surface area contributed by atoms with Crippen LogP contribution in [0.1, 0.15) is 30.1 Å². The van der Waals surface area contributed by atoms with Crippen molar-refractivity contribution >= 4 is 0 Å². The lowest BCUT2D eigenvalue weighted by Gasteiger charge is -2.24. The van der Waals surface area contributed by atoms with Gasteiger partial charge in [0.15, 0.2) is 0 Å². The summed E-state index contributed by atoms with van der Waals surface area (Å²) in [5.74, 6) is 0. The van der Waals surface area contributed by atoms with Crippen molar-refractivity contribution in [1.29, 1.82) is 0 Å². The Bertz CT molecular complexity index is 375. The Hall–Kier alpha value is -0.900. The van der Waals surface area contributed by atoms with Gasteiger partial charge in [-0.05, 0) is 37.9 Å². The Morgan fingerprint density at radius 2 is 2.22 bits per heavy atom. The molecule has 0 aromatic heterocycles. The highest BCUT2D eigenvalue weighted by molar-refractivity contribution is 5.27. The predicted octanol–water partition coefficient (Wildman–Crippen LogP) is 2.14. The Morgan fingerprint density at radius 1 is 1.44 bits per heavy atom. The van der Waals surface area contributed by atoms with Crippen LogP contribution < -0.4 is 0 Å². The molecule has 0 bridgehead atoms. The SMILES string of the molecule is Cc1ccccc1C(O)CN(C)CC1CCCO1. The maximum atomic E-state index is 10.3. The van der Waals surface area contributed by atoms with Crippen molar-refractivity contribution in [2.45, 2.75) is 32.0 Å². The van der Waals surface area contributed by atoms with E-state index in [4.69, 9.17) is 4.74 Å². The van der Waals surface area contributed by atoms with Crippen molar-refractivity contribution in [2.24, 2.45) is 0 Å². The largest absolute Gasteiger partial charge is 0.387 e. The first-order chi connectivity index (χ1) is 8.66. The standard InChI is InChI=1S/C15H23NO2/c1-12-6-3-4-8-14(12)15(17)11-16(2)10-13-7-5-9-18-13/h3-4,6,8,13,15,17H,5,7,9-11H2,1-2H3. The fourth-order valence-electron chi connectivity index (χ4n) is 2.56. The van der Waals surface area contributed by atoms with Gasteiger partial charge in [-0.3, -0.25) is 0 Å². The highest BCUT2D eigenvalue weighted by Crippen LogP contribution is 2.19. The van der Waals surface area contributed by atoms with Crippen molar-refractivity contribution in [2.75, 3.05) is 26.7 Å². The molecule has 3 heteroatoms. The lowest BCUT2D eigenvalue weighted by Crippen LogP contribution is -2.32. The molecule has 1 aliphatic rings. The molecule has 3 nitrogen and oxygen atoms in total. The van der Waals surface area contributed by atoms with E-state index in [-0.39, 0.29) is 0 Å². The maximum Gasteiger partial charge on any atom is 0.0919 e. The molecule has 0 aliphatic carbocycles. The molecule has 0 spiro atoms. The Kier molecular flexibility index (Phi) is 4.75. The zero-order chi connectivity index (χ0) is 13.0. The summed E-state index contributed by atoms with van der Waals surface area (Å²) >= 11 is 0. The van der Waals surface area contributed by atoms with E-state index in [9.17, 15) is 5.11 Å². The zero-order valence-electron chi connectivity index (χ0n) is 11.3. The van der Waals surface area contributed by atoms with Gasteiger partial charge in [-0.1, -0.05) is 24.3 Å². The summed E-state index contributed by atoms with van der Waals surface area (Å²) in [6, 6.07) is 8.02. The molecular formula is C15H23NO2. The molecule has 18 heavy (non-hydrogen) atoms. The van der Waals surface area contributed by atoms with Crippen LogP contribution in [0, 0.1) is 6.92 Å². The molecule has 1 aromatic carbocycles. The molecule has 0 amide bonds.